The normalized spacial score (nSPS) is 36.3. The lowest BCUT2D eigenvalue weighted by Crippen LogP contribution is -2.58. The Morgan fingerprint density at radius 2 is 1.78 bits per heavy atom. The first-order chi connectivity index (χ1) is 19.8. The molecule has 4 fully saturated rings. The molecule has 0 unspecified atom stereocenters. The number of benzene rings is 1. The predicted octanol–water partition coefficient (Wildman–Crippen LogP) is 3.21. The van der Waals surface area contributed by atoms with Gasteiger partial charge in [0.25, 0.3) is 0 Å². The fourth-order valence-corrected chi connectivity index (χ4v) is 7.89. The molecule has 1 saturated carbocycles. The summed E-state index contributed by atoms with van der Waals surface area (Å²) in [6, 6.07) is 6.39. The van der Waals surface area contributed by atoms with Crippen molar-refractivity contribution >= 4 is 23.4 Å². The number of hydrogen-bond donors (Lipinski definition) is 2. The number of nitrogens with zero attached hydrogens (tertiary/aromatic N) is 2. The van der Waals surface area contributed by atoms with Crippen LogP contribution in [0.5, 0.6) is 5.75 Å². The van der Waals surface area contributed by atoms with Crippen LogP contribution in [0.3, 0.4) is 0 Å². The monoisotopic (exact) mass is 564 g/mol. The van der Waals surface area contributed by atoms with Gasteiger partial charge in [-0.05, 0) is 68.5 Å². The zero-order valence-corrected chi connectivity index (χ0v) is 24.5. The van der Waals surface area contributed by atoms with E-state index in [1.807, 2.05) is 12.2 Å². The van der Waals surface area contributed by atoms with E-state index < -0.39 is 29.6 Å². The van der Waals surface area contributed by atoms with Gasteiger partial charge < -0.3 is 29.9 Å². The van der Waals surface area contributed by atoms with Crippen LogP contribution in [-0.2, 0) is 19.1 Å². The quantitative estimate of drug-likeness (QED) is 0.471. The van der Waals surface area contributed by atoms with Crippen LogP contribution >= 0.6 is 0 Å². The summed E-state index contributed by atoms with van der Waals surface area (Å²) in [6.07, 6.45) is 9.97. The Bertz CT molecular complexity index is 1180. The number of methoxy groups -OCH3 is 1. The van der Waals surface area contributed by atoms with Gasteiger partial charge in [-0.3, -0.25) is 14.4 Å². The molecule has 4 heterocycles. The van der Waals surface area contributed by atoms with E-state index >= 15 is 0 Å². The highest BCUT2D eigenvalue weighted by atomic mass is 16.5. The van der Waals surface area contributed by atoms with Crippen molar-refractivity contribution in [2.24, 2.45) is 23.7 Å². The number of anilines is 1. The molecule has 8 atom stereocenters. The van der Waals surface area contributed by atoms with Crippen LogP contribution in [0.25, 0.3) is 0 Å². The standard InChI is InChI=1S/C32H44N4O5/c1-20-8-7-9-24(21(20)2)34-30(38)28-32-15-14-25(41-32)26(29(37)33-22-10-12-23(40-3)13-11-22)27(32)31(39)36(28)19-18-35-16-5-4-6-17-35/h10-15,20-21,24-28H,4-9,16-19H2,1-3H3,(H,33,37)(H,34,38)/t20-,21-,24+,25-,26+,27-,28-,32-/m0/s1. The highest BCUT2D eigenvalue weighted by Gasteiger charge is 2.72. The fourth-order valence-electron chi connectivity index (χ4n) is 7.89. The van der Waals surface area contributed by atoms with Crippen molar-refractivity contribution < 1.29 is 23.9 Å². The third kappa shape index (κ3) is 5.05. The van der Waals surface area contributed by atoms with E-state index in [1.165, 1.54) is 12.8 Å². The smallest absolute Gasteiger partial charge is 0.246 e. The van der Waals surface area contributed by atoms with Crippen LogP contribution in [0.4, 0.5) is 5.69 Å². The summed E-state index contributed by atoms with van der Waals surface area (Å²) in [5.41, 5.74) is -0.516. The van der Waals surface area contributed by atoms with Crippen molar-refractivity contribution in [3.8, 4) is 5.75 Å². The first-order valence-corrected chi connectivity index (χ1v) is 15.5. The summed E-state index contributed by atoms with van der Waals surface area (Å²) in [7, 11) is 1.59. The Morgan fingerprint density at radius 3 is 2.51 bits per heavy atom. The molecule has 6 rings (SSSR count). The first kappa shape index (κ1) is 28.2. The van der Waals surface area contributed by atoms with E-state index in [1.54, 1.807) is 36.3 Å². The van der Waals surface area contributed by atoms with Crippen LogP contribution in [0.1, 0.15) is 52.4 Å². The van der Waals surface area contributed by atoms with Crippen molar-refractivity contribution in [2.75, 3.05) is 38.6 Å². The predicted molar refractivity (Wildman–Crippen MR) is 155 cm³/mol. The number of hydrogen-bond acceptors (Lipinski definition) is 6. The molecule has 3 amide bonds. The van der Waals surface area contributed by atoms with Gasteiger partial charge in [0.2, 0.25) is 17.7 Å². The SMILES string of the molecule is COc1ccc(NC(=O)[C@@H]2[C@@H]3C=C[C@]4(O3)[C@@H]2C(=O)N(CCN2CCCCC2)[C@H]4C(=O)N[C@@H]2CCC[C@H](C)[C@@H]2C)cc1. The second-order valence-corrected chi connectivity index (χ2v) is 12.7. The number of rotatable bonds is 8. The van der Waals surface area contributed by atoms with E-state index in [2.05, 4.69) is 29.4 Å². The Hall–Kier alpha value is -2.91. The Kier molecular flexibility index (Phi) is 7.85. The van der Waals surface area contributed by atoms with Crippen LogP contribution in [0.15, 0.2) is 36.4 Å². The molecular formula is C32H44N4O5. The first-order valence-electron chi connectivity index (χ1n) is 15.5. The molecule has 1 aliphatic carbocycles. The molecule has 9 heteroatoms. The molecular weight excluding hydrogens is 520 g/mol. The number of carbonyl (C=O) groups is 3. The van der Waals surface area contributed by atoms with E-state index in [9.17, 15) is 14.4 Å². The summed E-state index contributed by atoms with van der Waals surface area (Å²) in [6.45, 7) is 7.64. The van der Waals surface area contributed by atoms with E-state index in [0.717, 1.165) is 38.8 Å². The third-order valence-corrected chi connectivity index (χ3v) is 10.4. The summed E-state index contributed by atoms with van der Waals surface area (Å²) >= 11 is 0. The van der Waals surface area contributed by atoms with Crippen molar-refractivity contribution in [1.82, 2.24) is 15.1 Å². The maximum absolute atomic E-state index is 14.2. The molecule has 3 saturated heterocycles. The van der Waals surface area contributed by atoms with Gasteiger partial charge in [0.1, 0.15) is 17.4 Å². The summed E-state index contributed by atoms with van der Waals surface area (Å²) in [5, 5.41) is 6.32. The molecule has 5 aliphatic rings. The molecule has 2 N–H and O–H groups in total. The van der Waals surface area contributed by atoms with Crippen molar-refractivity contribution in [1.29, 1.82) is 0 Å². The molecule has 41 heavy (non-hydrogen) atoms. The van der Waals surface area contributed by atoms with Crippen LogP contribution in [-0.4, -0.2) is 84.6 Å². The summed E-state index contributed by atoms with van der Waals surface area (Å²) < 4.78 is 11.8. The Balaban J connectivity index is 1.26. The highest BCUT2D eigenvalue weighted by molar-refractivity contribution is 6.02. The second-order valence-electron chi connectivity index (χ2n) is 12.7. The average molecular weight is 565 g/mol. The van der Waals surface area contributed by atoms with Gasteiger partial charge >= 0.3 is 0 Å². The highest BCUT2D eigenvalue weighted by Crippen LogP contribution is 2.55. The number of piperidine rings is 1. The number of fused-ring (bicyclic) bond motifs is 1. The maximum Gasteiger partial charge on any atom is 0.246 e. The minimum absolute atomic E-state index is 0.0671. The van der Waals surface area contributed by atoms with E-state index in [4.69, 9.17) is 9.47 Å². The summed E-state index contributed by atoms with van der Waals surface area (Å²) in [4.78, 5) is 46.2. The molecule has 2 bridgehead atoms. The topological polar surface area (TPSA) is 100 Å². The maximum atomic E-state index is 14.2. The van der Waals surface area contributed by atoms with Gasteiger partial charge in [-0.2, -0.15) is 0 Å². The number of likely N-dealkylation sites (tertiary alicyclic amines) is 2. The molecule has 9 nitrogen and oxygen atoms in total. The average Bonchev–Trinajstić information content (AvgIpc) is 3.62. The largest absolute Gasteiger partial charge is 0.497 e. The van der Waals surface area contributed by atoms with Crippen LogP contribution in [0.2, 0.25) is 0 Å². The Morgan fingerprint density at radius 1 is 1.02 bits per heavy atom. The number of amides is 3. The van der Waals surface area contributed by atoms with Crippen LogP contribution < -0.4 is 15.4 Å². The minimum Gasteiger partial charge on any atom is -0.497 e. The number of carbonyl (C=O) groups excluding carboxylic acids is 3. The zero-order valence-electron chi connectivity index (χ0n) is 24.5. The zero-order chi connectivity index (χ0) is 28.7. The van der Waals surface area contributed by atoms with Crippen LogP contribution in [0, 0.1) is 23.7 Å². The minimum atomic E-state index is -1.14. The molecule has 1 aromatic carbocycles. The van der Waals surface area contributed by atoms with Gasteiger partial charge in [0.15, 0.2) is 0 Å². The van der Waals surface area contributed by atoms with Crippen molar-refractivity contribution in [3.05, 3.63) is 36.4 Å². The molecule has 4 aliphatic heterocycles. The van der Waals surface area contributed by atoms with Gasteiger partial charge in [-0.25, -0.2) is 0 Å². The molecule has 0 aromatic heterocycles. The summed E-state index contributed by atoms with van der Waals surface area (Å²) in [5.74, 6) is -0.449. The van der Waals surface area contributed by atoms with Gasteiger partial charge in [-0.15, -0.1) is 0 Å². The number of nitrogens with one attached hydrogen (secondary N) is 2. The van der Waals surface area contributed by atoms with Crippen molar-refractivity contribution in [3.63, 3.8) is 0 Å². The fraction of sp³-hybridized carbons (Fsp3) is 0.656. The molecule has 222 valence electrons. The second kappa shape index (κ2) is 11.4. The van der Waals surface area contributed by atoms with Gasteiger partial charge in [0, 0.05) is 24.8 Å². The Labute approximate surface area is 243 Å². The molecule has 0 radical (unpaired) electrons. The van der Waals surface area contributed by atoms with E-state index in [0.29, 0.717) is 36.4 Å². The van der Waals surface area contributed by atoms with Crippen molar-refractivity contribution in [2.45, 2.75) is 76.2 Å². The van der Waals surface area contributed by atoms with E-state index in [-0.39, 0.29) is 23.8 Å². The van der Waals surface area contributed by atoms with Gasteiger partial charge in [0.05, 0.1) is 25.0 Å². The lowest BCUT2D eigenvalue weighted by molar-refractivity contribution is -0.142. The number of ether oxygens (including phenoxy) is 2. The van der Waals surface area contributed by atoms with Gasteiger partial charge in [-0.1, -0.05) is 45.3 Å². The molecule has 1 spiro atoms. The lowest BCUT2D eigenvalue weighted by Gasteiger charge is -2.38. The lowest BCUT2D eigenvalue weighted by atomic mass is 9.73. The molecule has 1 aromatic rings. The third-order valence-electron chi connectivity index (χ3n) is 10.4.